The van der Waals surface area contributed by atoms with Gasteiger partial charge >= 0.3 is 0 Å². The number of aliphatic hydroxyl groups is 1. The third-order valence-electron chi connectivity index (χ3n) is 5.20. The Hall–Kier alpha value is -3.91. The largest absolute Gasteiger partial charge is 0.494 e. The fourth-order valence-electron chi connectivity index (χ4n) is 3.36. The summed E-state index contributed by atoms with van der Waals surface area (Å²) in [5, 5.41) is 14.3. The number of aliphatic hydroxyl groups excluding tert-OH is 1. The zero-order chi connectivity index (χ0) is 25.8. The van der Waals surface area contributed by atoms with Crippen LogP contribution in [0.15, 0.2) is 71.8 Å². The van der Waals surface area contributed by atoms with E-state index in [0.717, 1.165) is 16.9 Å². The lowest BCUT2D eigenvalue weighted by atomic mass is 10.0. The van der Waals surface area contributed by atoms with Crippen molar-refractivity contribution in [2.45, 2.75) is 39.4 Å². The predicted molar refractivity (Wildman–Crippen MR) is 136 cm³/mol. The summed E-state index contributed by atoms with van der Waals surface area (Å²) in [7, 11) is 0. The minimum atomic E-state index is -0.758. The molecule has 0 aliphatic rings. The highest BCUT2D eigenvalue weighted by Crippen LogP contribution is 2.29. The van der Waals surface area contributed by atoms with Crippen molar-refractivity contribution in [2.24, 2.45) is 5.10 Å². The topological polar surface area (TPSA) is 89.4 Å². The Morgan fingerprint density at radius 1 is 0.972 bits per heavy atom. The van der Waals surface area contributed by atoms with Crippen molar-refractivity contribution >= 4 is 12.1 Å². The van der Waals surface area contributed by atoms with Crippen LogP contribution in [0.3, 0.4) is 0 Å². The predicted octanol–water partition coefficient (Wildman–Crippen LogP) is 5.17. The Bertz CT molecular complexity index is 1130. The number of amides is 1. The highest BCUT2D eigenvalue weighted by Gasteiger charge is 2.11. The molecular formula is C28H31FN2O5. The van der Waals surface area contributed by atoms with Gasteiger partial charge in [-0.3, -0.25) is 4.79 Å². The van der Waals surface area contributed by atoms with E-state index in [2.05, 4.69) is 10.5 Å². The van der Waals surface area contributed by atoms with Gasteiger partial charge in [0, 0.05) is 6.42 Å². The van der Waals surface area contributed by atoms with Crippen LogP contribution in [0.1, 0.15) is 49.5 Å². The third-order valence-corrected chi connectivity index (χ3v) is 5.20. The van der Waals surface area contributed by atoms with Gasteiger partial charge in [-0.15, -0.1) is 0 Å². The summed E-state index contributed by atoms with van der Waals surface area (Å²) in [6.07, 6.45) is 1.13. The van der Waals surface area contributed by atoms with E-state index in [1.54, 1.807) is 54.6 Å². The number of benzene rings is 3. The van der Waals surface area contributed by atoms with Crippen LogP contribution in [0, 0.1) is 5.82 Å². The molecule has 3 aromatic rings. The SMILES string of the molecule is CCOc1ccc([C@H](O)CCC(=O)N/N=C\c2ccc(OCc3ccc(F)cc3)c(OCC)c2)cc1. The molecule has 0 aliphatic heterocycles. The highest BCUT2D eigenvalue weighted by atomic mass is 19.1. The number of carbonyl (C=O) groups is 1. The molecule has 3 aromatic carbocycles. The number of hydrogen-bond acceptors (Lipinski definition) is 6. The van der Waals surface area contributed by atoms with Crippen molar-refractivity contribution < 1.29 is 28.5 Å². The van der Waals surface area contributed by atoms with E-state index in [1.165, 1.54) is 18.3 Å². The lowest BCUT2D eigenvalue weighted by molar-refractivity contribution is -0.121. The van der Waals surface area contributed by atoms with Crippen molar-refractivity contribution in [1.29, 1.82) is 0 Å². The van der Waals surface area contributed by atoms with Gasteiger partial charge in [0.1, 0.15) is 18.2 Å². The number of carbonyl (C=O) groups excluding carboxylic acids is 1. The van der Waals surface area contributed by atoms with E-state index in [0.29, 0.717) is 30.3 Å². The van der Waals surface area contributed by atoms with Crippen LogP contribution in [-0.2, 0) is 11.4 Å². The number of nitrogens with zero attached hydrogens (tertiary/aromatic N) is 1. The molecule has 2 N–H and O–H groups in total. The molecule has 0 saturated carbocycles. The summed E-state index contributed by atoms with van der Waals surface area (Å²) < 4.78 is 30.0. The maximum atomic E-state index is 13.1. The van der Waals surface area contributed by atoms with Crippen LogP contribution in [0.25, 0.3) is 0 Å². The van der Waals surface area contributed by atoms with Gasteiger partial charge in [0.15, 0.2) is 11.5 Å². The van der Waals surface area contributed by atoms with Gasteiger partial charge in [-0.1, -0.05) is 24.3 Å². The van der Waals surface area contributed by atoms with Gasteiger partial charge in [0.25, 0.3) is 0 Å². The van der Waals surface area contributed by atoms with Crippen molar-refractivity contribution in [3.05, 3.63) is 89.2 Å². The van der Waals surface area contributed by atoms with Crippen molar-refractivity contribution in [2.75, 3.05) is 13.2 Å². The fraction of sp³-hybridized carbons (Fsp3) is 0.286. The zero-order valence-corrected chi connectivity index (χ0v) is 20.4. The summed E-state index contributed by atoms with van der Waals surface area (Å²) in [4.78, 5) is 12.1. The van der Waals surface area contributed by atoms with E-state index < -0.39 is 6.10 Å². The molecule has 0 fully saturated rings. The first-order chi connectivity index (χ1) is 17.5. The molecule has 190 valence electrons. The molecule has 1 atom stereocenters. The minimum Gasteiger partial charge on any atom is -0.494 e. The number of nitrogens with one attached hydrogen (secondary N) is 1. The Morgan fingerprint density at radius 3 is 2.39 bits per heavy atom. The van der Waals surface area contributed by atoms with Crippen molar-refractivity contribution in [3.8, 4) is 17.2 Å². The minimum absolute atomic E-state index is 0.117. The Kier molecular flexibility index (Phi) is 10.3. The summed E-state index contributed by atoms with van der Waals surface area (Å²) >= 11 is 0. The van der Waals surface area contributed by atoms with Crippen molar-refractivity contribution in [1.82, 2.24) is 5.43 Å². The molecule has 0 bridgehead atoms. The average molecular weight is 495 g/mol. The maximum Gasteiger partial charge on any atom is 0.240 e. The molecule has 0 aromatic heterocycles. The van der Waals surface area contributed by atoms with Gasteiger partial charge in [0.2, 0.25) is 5.91 Å². The molecule has 0 heterocycles. The van der Waals surface area contributed by atoms with Crippen LogP contribution in [0.5, 0.6) is 17.2 Å². The molecule has 0 radical (unpaired) electrons. The Morgan fingerprint density at radius 2 is 1.69 bits per heavy atom. The highest BCUT2D eigenvalue weighted by molar-refractivity contribution is 5.83. The molecule has 7 nitrogen and oxygen atoms in total. The smallest absolute Gasteiger partial charge is 0.240 e. The molecule has 0 saturated heterocycles. The van der Waals surface area contributed by atoms with Gasteiger partial charge in [-0.05, 0) is 79.4 Å². The maximum absolute atomic E-state index is 13.1. The summed E-state index contributed by atoms with van der Waals surface area (Å²) in [5.74, 6) is 1.22. The van der Waals surface area contributed by atoms with Gasteiger partial charge in [-0.25, -0.2) is 9.82 Å². The van der Waals surface area contributed by atoms with E-state index in [9.17, 15) is 14.3 Å². The number of ether oxygens (including phenoxy) is 3. The number of halogens is 1. The molecule has 8 heteroatoms. The van der Waals surface area contributed by atoms with E-state index in [4.69, 9.17) is 14.2 Å². The summed E-state index contributed by atoms with van der Waals surface area (Å²) in [6, 6.07) is 18.6. The lowest BCUT2D eigenvalue weighted by Crippen LogP contribution is -2.18. The van der Waals surface area contributed by atoms with Crippen LogP contribution in [0.2, 0.25) is 0 Å². The van der Waals surface area contributed by atoms with E-state index in [-0.39, 0.29) is 31.2 Å². The monoisotopic (exact) mass is 494 g/mol. The van der Waals surface area contributed by atoms with Crippen molar-refractivity contribution in [3.63, 3.8) is 0 Å². The van der Waals surface area contributed by atoms with Gasteiger partial charge < -0.3 is 19.3 Å². The second-order valence-electron chi connectivity index (χ2n) is 7.90. The lowest BCUT2D eigenvalue weighted by Gasteiger charge is -2.13. The second-order valence-corrected chi connectivity index (χ2v) is 7.90. The molecule has 0 unspecified atom stereocenters. The number of hydrazone groups is 1. The van der Waals surface area contributed by atoms with E-state index in [1.807, 2.05) is 13.8 Å². The molecule has 3 rings (SSSR count). The van der Waals surface area contributed by atoms with E-state index >= 15 is 0 Å². The first kappa shape index (κ1) is 26.7. The zero-order valence-electron chi connectivity index (χ0n) is 20.4. The Labute approximate surface area is 210 Å². The molecule has 36 heavy (non-hydrogen) atoms. The van der Waals surface area contributed by atoms with Gasteiger partial charge in [-0.2, -0.15) is 5.10 Å². The quantitative estimate of drug-likeness (QED) is 0.253. The summed E-state index contributed by atoms with van der Waals surface area (Å²) in [5.41, 5.74) is 4.74. The average Bonchev–Trinajstić information content (AvgIpc) is 2.88. The fourth-order valence-corrected chi connectivity index (χ4v) is 3.36. The normalized spacial score (nSPS) is 11.8. The van der Waals surface area contributed by atoms with Crippen LogP contribution in [-0.4, -0.2) is 30.4 Å². The first-order valence-corrected chi connectivity index (χ1v) is 11.8. The molecule has 0 spiro atoms. The molecular weight excluding hydrogens is 463 g/mol. The van der Waals surface area contributed by atoms with Crippen LogP contribution >= 0.6 is 0 Å². The first-order valence-electron chi connectivity index (χ1n) is 11.8. The standard InChI is InChI=1S/C28H31FN2O5/c1-3-34-24-12-8-22(9-13-24)25(32)14-16-28(33)31-30-18-21-7-15-26(27(17-21)35-4-2)36-19-20-5-10-23(29)11-6-20/h5-13,15,17-18,25,32H,3-4,14,16,19H2,1-2H3,(H,31,33)/b30-18-/t25-/m1/s1. The second kappa shape index (κ2) is 13.8. The number of rotatable bonds is 13. The third kappa shape index (κ3) is 8.39. The van der Waals surface area contributed by atoms with Gasteiger partial charge in [0.05, 0.1) is 25.5 Å². The van der Waals surface area contributed by atoms with Crippen LogP contribution < -0.4 is 19.6 Å². The Balaban J connectivity index is 1.49. The number of hydrogen-bond donors (Lipinski definition) is 2. The summed E-state index contributed by atoms with van der Waals surface area (Å²) in [6.45, 7) is 5.06. The van der Waals surface area contributed by atoms with Crippen LogP contribution in [0.4, 0.5) is 4.39 Å². The molecule has 0 aliphatic carbocycles. The molecule has 1 amide bonds.